The lowest BCUT2D eigenvalue weighted by atomic mass is 9.80. The van der Waals surface area contributed by atoms with Crippen LogP contribution >= 0.6 is 0 Å². The highest BCUT2D eigenvalue weighted by molar-refractivity contribution is 5.30. The number of ether oxygens (including phenoxy) is 3. The SMILES string of the molecule is CCCCCC(OC(CCCCC)(c1ccccc1)C1CO1)(c1ccccc1)C1CO1. The Morgan fingerprint density at radius 2 is 1.06 bits per heavy atom. The molecule has 3 nitrogen and oxygen atoms in total. The molecule has 0 saturated carbocycles. The van der Waals surface area contributed by atoms with Crippen LogP contribution in [0.3, 0.4) is 0 Å². The van der Waals surface area contributed by atoms with Crippen LogP contribution in [0.5, 0.6) is 0 Å². The van der Waals surface area contributed by atoms with Crippen LogP contribution in [0.4, 0.5) is 0 Å². The Morgan fingerprint density at radius 3 is 1.39 bits per heavy atom. The van der Waals surface area contributed by atoms with Gasteiger partial charge in [0.1, 0.15) is 23.4 Å². The largest absolute Gasteiger partial charge is 0.370 e. The monoisotopic (exact) mass is 422 g/mol. The molecule has 168 valence electrons. The minimum Gasteiger partial charge on any atom is -0.370 e. The fourth-order valence-corrected chi connectivity index (χ4v) is 5.01. The Morgan fingerprint density at radius 1 is 0.677 bits per heavy atom. The van der Waals surface area contributed by atoms with E-state index in [9.17, 15) is 0 Å². The molecule has 0 bridgehead atoms. The summed E-state index contributed by atoms with van der Waals surface area (Å²) in [5, 5.41) is 0. The third-order valence-electron chi connectivity index (χ3n) is 6.90. The predicted molar refractivity (Wildman–Crippen MR) is 125 cm³/mol. The molecule has 31 heavy (non-hydrogen) atoms. The van der Waals surface area contributed by atoms with Gasteiger partial charge in [0.2, 0.25) is 0 Å². The Hall–Kier alpha value is -1.68. The fourth-order valence-electron chi connectivity index (χ4n) is 5.01. The van der Waals surface area contributed by atoms with E-state index in [1.54, 1.807) is 0 Å². The van der Waals surface area contributed by atoms with Gasteiger partial charge >= 0.3 is 0 Å². The number of rotatable bonds is 14. The molecule has 4 atom stereocenters. The van der Waals surface area contributed by atoms with Crippen molar-refractivity contribution in [3.8, 4) is 0 Å². The number of unbranched alkanes of at least 4 members (excludes halogenated alkanes) is 4. The van der Waals surface area contributed by atoms with Crippen LogP contribution in [0, 0.1) is 0 Å². The maximum absolute atomic E-state index is 7.49. The lowest BCUT2D eigenvalue weighted by Crippen LogP contribution is -2.48. The summed E-state index contributed by atoms with van der Waals surface area (Å²) in [6.45, 7) is 6.06. The predicted octanol–water partition coefficient (Wildman–Crippen LogP) is 6.75. The van der Waals surface area contributed by atoms with Crippen molar-refractivity contribution >= 4 is 0 Å². The summed E-state index contributed by atoms with van der Waals surface area (Å²) in [6, 6.07) is 21.6. The van der Waals surface area contributed by atoms with Gasteiger partial charge in [-0.05, 0) is 24.0 Å². The van der Waals surface area contributed by atoms with Gasteiger partial charge < -0.3 is 14.2 Å². The van der Waals surface area contributed by atoms with E-state index in [0.717, 1.165) is 38.9 Å². The van der Waals surface area contributed by atoms with Crippen LogP contribution in [0.15, 0.2) is 60.7 Å². The molecule has 2 saturated heterocycles. The highest BCUT2D eigenvalue weighted by atomic mass is 16.6. The van der Waals surface area contributed by atoms with Crippen molar-refractivity contribution in [3.05, 3.63) is 71.8 Å². The van der Waals surface area contributed by atoms with E-state index in [2.05, 4.69) is 74.5 Å². The third-order valence-corrected chi connectivity index (χ3v) is 6.90. The normalized spacial score (nSPS) is 23.7. The number of hydrogen-bond acceptors (Lipinski definition) is 3. The van der Waals surface area contributed by atoms with Crippen LogP contribution < -0.4 is 0 Å². The van der Waals surface area contributed by atoms with E-state index < -0.39 is 11.2 Å². The van der Waals surface area contributed by atoms with Crippen molar-refractivity contribution in [2.75, 3.05) is 13.2 Å². The van der Waals surface area contributed by atoms with Gasteiger partial charge in [-0.2, -0.15) is 0 Å². The quantitative estimate of drug-likeness (QED) is 0.249. The summed E-state index contributed by atoms with van der Waals surface area (Å²) in [6.07, 6.45) is 9.25. The molecular formula is C28H38O3. The summed E-state index contributed by atoms with van der Waals surface area (Å²) in [5.41, 5.74) is 1.60. The van der Waals surface area contributed by atoms with Crippen LogP contribution in [-0.4, -0.2) is 25.4 Å². The third kappa shape index (κ3) is 5.05. The highest BCUT2D eigenvalue weighted by Crippen LogP contribution is 2.52. The molecule has 0 aliphatic carbocycles. The average molecular weight is 423 g/mol. The molecule has 2 heterocycles. The number of hydrogen-bond donors (Lipinski definition) is 0. The highest BCUT2D eigenvalue weighted by Gasteiger charge is 2.58. The van der Waals surface area contributed by atoms with Gasteiger partial charge in [0.05, 0.1) is 13.2 Å². The van der Waals surface area contributed by atoms with E-state index in [-0.39, 0.29) is 12.2 Å². The second-order valence-corrected chi connectivity index (χ2v) is 9.17. The first-order valence-corrected chi connectivity index (χ1v) is 12.3. The lowest BCUT2D eigenvalue weighted by molar-refractivity contribution is -0.197. The molecule has 2 aromatic rings. The van der Waals surface area contributed by atoms with Crippen LogP contribution in [0.2, 0.25) is 0 Å². The van der Waals surface area contributed by atoms with E-state index in [1.807, 2.05) is 0 Å². The van der Waals surface area contributed by atoms with Crippen molar-refractivity contribution in [3.63, 3.8) is 0 Å². The van der Waals surface area contributed by atoms with Gasteiger partial charge in [-0.3, -0.25) is 0 Å². The van der Waals surface area contributed by atoms with Crippen molar-refractivity contribution in [1.82, 2.24) is 0 Å². The second-order valence-electron chi connectivity index (χ2n) is 9.17. The van der Waals surface area contributed by atoms with Crippen molar-refractivity contribution in [1.29, 1.82) is 0 Å². The summed E-state index contributed by atoms with van der Waals surface area (Å²) in [4.78, 5) is 0. The molecule has 4 rings (SSSR count). The molecule has 0 amide bonds. The molecule has 0 spiro atoms. The molecule has 2 aliphatic rings. The van der Waals surface area contributed by atoms with E-state index in [0.29, 0.717) is 0 Å². The lowest BCUT2D eigenvalue weighted by Gasteiger charge is -2.44. The Labute approximate surface area is 188 Å². The topological polar surface area (TPSA) is 34.3 Å². The van der Waals surface area contributed by atoms with Gasteiger partial charge in [0.25, 0.3) is 0 Å². The Balaban J connectivity index is 1.76. The number of epoxide rings is 2. The van der Waals surface area contributed by atoms with Crippen molar-refractivity contribution < 1.29 is 14.2 Å². The first-order valence-electron chi connectivity index (χ1n) is 12.3. The molecule has 2 aromatic carbocycles. The second kappa shape index (κ2) is 10.3. The van der Waals surface area contributed by atoms with Crippen LogP contribution in [-0.2, 0) is 25.4 Å². The summed E-state index contributed by atoms with van der Waals surface area (Å²) in [7, 11) is 0. The summed E-state index contributed by atoms with van der Waals surface area (Å²) in [5.74, 6) is 0. The zero-order chi connectivity index (χ0) is 21.6. The zero-order valence-corrected chi connectivity index (χ0v) is 19.2. The minimum atomic E-state index is -0.440. The standard InChI is InChI=1S/C28H38O3/c1-3-5-13-19-27(25-21-29-25,23-15-9-7-10-16-23)31-28(26-22-30-26,20-14-6-4-2)24-17-11-8-12-18-24/h7-12,15-18,25-26H,3-6,13-14,19-22H2,1-2H3. The molecular weight excluding hydrogens is 384 g/mol. The Kier molecular flexibility index (Phi) is 7.47. The van der Waals surface area contributed by atoms with Gasteiger partial charge in [0.15, 0.2) is 0 Å². The molecule has 0 radical (unpaired) electrons. The van der Waals surface area contributed by atoms with E-state index in [1.165, 1.54) is 36.8 Å². The van der Waals surface area contributed by atoms with E-state index in [4.69, 9.17) is 14.2 Å². The van der Waals surface area contributed by atoms with Gasteiger partial charge in [-0.1, -0.05) is 113 Å². The number of benzene rings is 2. The first kappa shape index (κ1) is 22.5. The summed E-state index contributed by atoms with van der Waals surface area (Å²) < 4.78 is 19.5. The first-order chi connectivity index (χ1) is 15.2. The fraction of sp³-hybridized carbons (Fsp3) is 0.571. The van der Waals surface area contributed by atoms with Gasteiger partial charge in [0, 0.05) is 0 Å². The maximum Gasteiger partial charge on any atom is 0.123 e. The molecule has 2 aliphatic heterocycles. The maximum atomic E-state index is 7.49. The van der Waals surface area contributed by atoms with Crippen molar-refractivity contribution in [2.24, 2.45) is 0 Å². The summed E-state index contributed by atoms with van der Waals surface area (Å²) >= 11 is 0. The van der Waals surface area contributed by atoms with Gasteiger partial charge in [-0.15, -0.1) is 0 Å². The van der Waals surface area contributed by atoms with Gasteiger partial charge in [-0.25, -0.2) is 0 Å². The zero-order valence-electron chi connectivity index (χ0n) is 19.2. The molecule has 0 aromatic heterocycles. The average Bonchev–Trinajstić information content (AvgIpc) is 3.72. The van der Waals surface area contributed by atoms with Crippen molar-refractivity contribution in [2.45, 2.75) is 88.6 Å². The smallest absolute Gasteiger partial charge is 0.123 e. The minimum absolute atomic E-state index is 0.111. The van der Waals surface area contributed by atoms with Crippen LogP contribution in [0.25, 0.3) is 0 Å². The van der Waals surface area contributed by atoms with Crippen LogP contribution in [0.1, 0.15) is 76.3 Å². The molecule has 3 heteroatoms. The van der Waals surface area contributed by atoms with E-state index >= 15 is 0 Å². The molecule has 4 unspecified atom stereocenters. The molecule has 2 fully saturated rings. The molecule has 0 N–H and O–H groups in total. The Bertz CT molecular complexity index is 717.